The number of carbonyl (C=O) groups is 1. The van der Waals surface area contributed by atoms with Gasteiger partial charge in [-0.25, -0.2) is 4.79 Å². The molecule has 0 aromatic rings. The zero-order valence-corrected chi connectivity index (χ0v) is 5.89. The maximum Gasteiger partial charge on any atom is 0.312 e. The predicted molar refractivity (Wildman–Crippen MR) is 38.6 cm³/mol. The van der Waals surface area contributed by atoms with E-state index in [1.807, 2.05) is 0 Å². The van der Waals surface area contributed by atoms with E-state index in [4.69, 9.17) is 5.73 Å². The van der Waals surface area contributed by atoms with Crippen molar-refractivity contribution in [2.45, 2.75) is 18.9 Å². The van der Waals surface area contributed by atoms with Crippen LogP contribution in [0.4, 0.5) is 4.79 Å². The Morgan fingerprint density at radius 2 is 2.60 bits per heavy atom. The summed E-state index contributed by atoms with van der Waals surface area (Å²) in [5, 5.41) is 5.81. The van der Waals surface area contributed by atoms with Gasteiger partial charge in [-0.2, -0.15) is 0 Å². The van der Waals surface area contributed by atoms with Crippen LogP contribution >= 0.6 is 0 Å². The molecule has 1 aliphatic heterocycles. The summed E-state index contributed by atoms with van der Waals surface area (Å²) in [6.45, 7) is 1.72. The Morgan fingerprint density at radius 1 is 1.80 bits per heavy atom. The quantitative estimate of drug-likeness (QED) is 0.483. The first kappa shape index (κ1) is 7.34. The van der Waals surface area contributed by atoms with Crippen molar-refractivity contribution in [1.29, 1.82) is 0 Å². The molecular formula is C6H13N3O. The maximum atomic E-state index is 10.2. The highest BCUT2D eigenvalue weighted by Gasteiger charge is 2.13. The topological polar surface area (TPSA) is 67.2 Å². The molecule has 1 rings (SSSR count). The molecule has 0 spiro atoms. The predicted octanol–water partition coefficient (Wildman–Crippen LogP) is -0.593. The minimum absolute atomic E-state index is 0.436. The van der Waals surface area contributed by atoms with Gasteiger partial charge in [0, 0.05) is 12.6 Å². The molecule has 0 unspecified atom stereocenters. The number of nitrogens with two attached hydrogens (primary N) is 1. The van der Waals surface area contributed by atoms with Gasteiger partial charge in [0.1, 0.15) is 0 Å². The molecule has 1 aliphatic rings. The fourth-order valence-electron chi connectivity index (χ4n) is 1.15. The van der Waals surface area contributed by atoms with Crippen LogP contribution in [-0.4, -0.2) is 25.2 Å². The van der Waals surface area contributed by atoms with E-state index in [0.29, 0.717) is 12.6 Å². The highest BCUT2D eigenvalue weighted by molar-refractivity contribution is 5.71. The zero-order chi connectivity index (χ0) is 7.40. The fourth-order valence-corrected chi connectivity index (χ4v) is 1.15. The molecule has 0 bridgehead atoms. The molecule has 1 saturated heterocycles. The lowest BCUT2D eigenvalue weighted by Gasteiger charge is -2.08. The SMILES string of the molecule is NC(=O)NC[C@@H]1CCCN1. The van der Waals surface area contributed by atoms with E-state index in [0.717, 1.165) is 13.0 Å². The Bertz CT molecular complexity index is 120. The second-order valence-corrected chi connectivity index (χ2v) is 2.54. The molecule has 0 saturated carbocycles. The second kappa shape index (κ2) is 3.41. The molecule has 0 radical (unpaired) electrons. The van der Waals surface area contributed by atoms with Gasteiger partial charge in [-0.1, -0.05) is 0 Å². The summed E-state index contributed by atoms with van der Waals surface area (Å²) in [6.07, 6.45) is 2.34. The summed E-state index contributed by atoms with van der Waals surface area (Å²) < 4.78 is 0. The highest BCUT2D eigenvalue weighted by atomic mass is 16.2. The minimum Gasteiger partial charge on any atom is -0.352 e. The van der Waals surface area contributed by atoms with Crippen LogP contribution in [0.5, 0.6) is 0 Å². The molecule has 2 amide bonds. The van der Waals surface area contributed by atoms with E-state index in [9.17, 15) is 4.79 Å². The second-order valence-electron chi connectivity index (χ2n) is 2.54. The fraction of sp³-hybridized carbons (Fsp3) is 0.833. The Labute approximate surface area is 60.2 Å². The van der Waals surface area contributed by atoms with Crippen LogP contribution in [0, 0.1) is 0 Å². The van der Waals surface area contributed by atoms with Crippen molar-refractivity contribution in [2.75, 3.05) is 13.1 Å². The van der Waals surface area contributed by atoms with Gasteiger partial charge < -0.3 is 16.4 Å². The first-order chi connectivity index (χ1) is 4.79. The number of carbonyl (C=O) groups excluding carboxylic acids is 1. The van der Waals surface area contributed by atoms with Crippen LogP contribution in [0.3, 0.4) is 0 Å². The third kappa shape index (κ3) is 2.23. The monoisotopic (exact) mass is 143 g/mol. The number of hydrogen-bond donors (Lipinski definition) is 3. The largest absolute Gasteiger partial charge is 0.352 e. The summed E-state index contributed by atoms with van der Waals surface area (Å²) in [6, 6.07) is 0.00111. The van der Waals surface area contributed by atoms with Gasteiger partial charge in [-0.15, -0.1) is 0 Å². The molecular weight excluding hydrogens is 130 g/mol. The van der Waals surface area contributed by atoms with Gasteiger partial charge in [0.25, 0.3) is 0 Å². The molecule has 4 nitrogen and oxygen atoms in total. The van der Waals surface area contributed by atoms with Crippen LogP contribution in [-0.2, 0) is 0 Å². The van der Waals surface area contributed by atoms with E-state index in [2.05, 4.69) is 10.6 Å². The molecule has 58 valence electrons. The highest BCUT2D eigenvalue weighted by Crippen LogP contribution is 2.02. The minimum atomic E-state index is -0.436. The van der Waals surface area contributed by atoms with Gasteiger partial charge in [0.15, 0.2) is 0 Å². The molecule has 0 aromatic heterocycles. The van der Waals surface area contributed by atoms with Gasteiger partial charge in [0.2, 0.25) is 0 Å². The third-order valence-electron chi connectivity index (χ3n) is 1.69. The smallest absolute Gasteiger partial charge is 0.312 e. The van der Waals surface area contributed by atoms with Gasteiger partial charge in [-0.3, -0.25) is 0 Å². The number of urea groups is 1. The molecule has 4 heteroatoms. The van der Waals surface area contributed by atoms with Crippen molar-refractivity contribution in [3.05, 3.63) is 0 Å². The molecule has 0 aliphatic carbocycles. The first-order valence-electron chi connectivity index (χ1n) is 3.56. The van der Waals surface area contributed by atoms with E-state index < -0.39 is 6.03 Å². The van der Waals surface area contributed by atoms with Crippen molar-refractivity contribution < 1.29 is 4.79 Å². The van der Waals surface area contributed by atoms with E-state index in [1.165, 1.54) is 6.42 Å². The third-order valence-corrected chi connectivity index (χ3v) is 1.69. The van der Waals surface area contributed by atoms with Crippen LogP contribution in [0.1, 0.15) is 12.8 Å². The van der Waals surface area contributed by atoms with Crippen molar-refractivity contribution in [1.82, 2.24) is 10.6 Å². The summed E-state index contributed by atoms with van der Waals surface area (Å²) >= 11 is 0. The number of amides is 2. The Kier molecular flexibility index (Phi) is 2.50. The van der Waals surface area contributed by atoms with Crippen molar-refractivity contribution in [2.24, 2.45) is 5.73 Å². The lowest BCUT2D eigenvalue weighted by atomic mass is 10.2. The molecule has 10 heavy (non-hydrogen) atoms. The van der Waals surface area contributed by atoms with Crippen LogP contribution in [0.15, 0.2) is 0 Å². The summed E-state index contributed by atoms with van der Waals surface area (Å²) in [5.74, 6) is 0. The zero-order valence-electron chi connectivity index (χ0n) is 5.89. The molecule has 0 aromatic carbocycles. The summed E-state index contributed by atoms with van der Waals surface area (Å²) in [4.78, 5) is 10.2. The average Bonchev–Trinajstić information content (AvgIpc) is 2.34. The lowest BCUT2D eigenvalue weighted by Crippen LogP contribution is -2.39. The van der Waals surface area contributed by atoms with Gasteiger partial charge in [0.05, 0.1) is 0 Å². The normalized spacial score (nSPS) is 24.6. The average molecular weight is 143 g/mol. The molecule has 4 N–H and O–H groups in total. The van der Waals surface area contributed by atoms with Gasteiger partial charge in [-0.05, 0) is 19.4 Å². The van der Waals surface area contributed by atoms with Crippen molar-refractivity contribution in [3.63, 3.8) is 0 Å². The standard InChI is InChI=1S/C6H13N3O/c7-6(10)9-4-5-2-1-3-8-5/h5,8H,1-4H2,(H3,7,9,10)/t5-/m0/s1. The van der Waals surface area contributed by atoms with Crippen LogP contribution < -0.4 is 16.4 Å². The number of primary amides is 1. The molecule has 1 heterocycles. The van der Waals surface area contributed by atoms with E-state index in [-0.39, 0.29) is 0 Å². The summed E-state index contributed by atoms with van der Waals surface area (Å²) in [5.41, 5.74) is 4.89. The van der Waals surface area contributed by atoms with Crippen LogP contribution in [0.2, 0.25) is 0 Å². The Hall–Kier alpha value is -0.770. The van der Waals surface area contributed by atoms with E-state index in [1.54, 1.807) is 0 Å². The maximum absolute atomic E-state index is 10.2. The summed E-state index contributed by atoms with van der Waals surface area (Å²) in [7, 11) is 0. The Balaban J connectivity index is 2.07. The Morgan fingerprint density at radius 3 is 3.10 bits per heavy atom. The number of hydrogen-bond acceptors (Lipinski definition) is 2. The molecule has 1 atom stereocenters. The van der Waals surface area contributed by atoms with Gasteiger partial charge >= 0.3 is 6.03 Å². The van der Waals surface area contributed by atoms with E-state index >= 15 is 0 Å². The number of rotatable bonds is 2. The lowest BCUT2D eigenvalue weighted by molar-refractivity contribution is 0.248. The first-order valence-corrected chi connectivity index (χ1v) is 3.56. The number of nitrogens with one attached hydrogen (secondary N) is 2. The molecule has 1 fully saturated rings. The van der Waals surface area contributed by atoms with Crippen molar-refractivity contribution >= 4 is 6.03 Å². The van der Waals surface area contributed by atoms with Crippen molar-refractivity contribution in [3.8, 4) is 0 Å². The van der Waals surface area contributed by atoms with Crippen LogP contribution in [0.25, 0.3) is 0 Å².